The van der Waals surface area contributed by atoms with Gasteiger partial charge in [-0.1, -0.05) is 104 Å². The second kappa shape index (κ2) is 28.6. The maximum atomic E-state index is 12.3. The summed E-state index contributed by atoms with van der Waals surface area (Å²) >= 11 is 5.35. The van der Waals surface area contributed by atoms with Crippen LogP contribution < -0.4 is 5.32 Å². The first-order chi connectivity index (χ1) is 18.9. The minimum absolute atomic E-state index is 0.0142. The fraction of sp³-hybridized carbons (Fsp3) is 0.939. The largest absolute Gasteiger partial charge is 0.462 e. The van der Waals surface area contributed by atoms with Crippen molar-refractivity contribution in [2.75, 3.05) is 40.3 Å². The van der Waals surface area contributed by atoms with Crippen LogP contribution in [0.3, 0.4) is 0 Å². The van der Waals surface area contributed by atoms with Crippen molar-refractivity contribution in [3.05, 3.63) is 0 Å². The maximum absolute atomic E-state index is 12.3. The van der Waals surface area contributed by atoms with Crippen molar-refractivity contribution >= 4 is 23.3 Å². The van der Waals surface area contributed by atoms with Gasteiger partial charge in [-0.3, -0.25) is 4.79 Å². The normalized spacial score (nSPS) is 12.1. The Morgan fingerprint density at radius 3 is 1.72 bits per heavy atom. The van der Waals surface area contributed by atoms with E-state index in [4.69, 9.17) is 17.0 Å². The number of nitrogens with one attached hydrogen (secondary N) is 1. The van der Waals surface area contributed by atoms with Gasteiger partial charge in [0.2, 0.25) is 0 Å². The Balaban J connectivity index is 4.04. The Morgan fingerprint density at radius 1 is 0.692 bits per heavy atom. The molecule has 5 nitrogen and oxygen atoms in total. The van der Waals surface area contributed by atoms with Gasteiger partial charge in [0.25, 0.3) is 0 Å². The van der Waals surface area contributed by atoms with Gasteiger partial charge in [0, 0.05) is 27.1 Å². The van der Waals surface area contributed by atoms with E-state index in [9.17, 15) is 4.79 Å². The van der Waals surface area contributed by atoms with Gasteiger partial charge in [0.05, 0.1) is 0 Å². The van der Waals surface area contributed by atoms with Gasteiger partial charge in [-0.05, 0) is 76.8 Å². The minimum Gasteiger partial charge on any atom is -0.462 e. The summed E-state index contributed by atoms with van der Waals surface area (Å²) in [5, 5.41) is 4.18. The third-order valence-corrected chi connectivity index (χ3v) is 8.16. The molecule has 0 spiro atoms. The van der Waals surface area contributed by atoms with Crippen LogP contribution >= 0.6 is 12.2 Å². The van der Waals surface area contributed by atoms with E-state index < -0.39 is 0 Å². The van der Waals surface area contributed by atoms with Crippen molar-refractivity contribution in [1.29, 1.82) is 0 Å². The first kappa shape index (κ1) is 38.1. The molecule has 39 heavy (non-hydrogen) atoms. The molecule has 0 aromatic heterocycles. The highest BCUT2D eigenvalue weighted by Crippen LogP contribution is 2.15. The molecule has 0 saturated heterocycles. The number of hydrogen-bond donors (Lipinski definition) is 1. The van der Waals surface area contributed by atoms with Gasteiger partial charge in [0.1, 0.15) is 6.10 Å². The molecule has 0 aliphatic carbocycles. The lowest BCUT2D eigenvalue weighted by Crippen LogP contribution is -2.36. The third-order valence-electron chi connectivity index (χ3n) is 7.65. The summed E-state index contributed by atoms with van der Waals surface area (Å²) in [6.07, 6.45) is 25.5. The molecule has 1 atom stereocenters. The van der Waals surface area contributed by atoms with Gasteiger partial charge in [0.15, 0.2) is 5.11 Å². The molecule has 1 unspecified atom stereocenters. The topological polar surface area (TPSA) is 44.8 Å². The van der Waals surface area contributed by atoms with E-state index in [1.54, 1.807) is 0 Å². The van der Waals surface area contributed by atoms with Crippen LogP contribution in [0, 0.1) is 0 Å². The van der Waals surface area contributed by atoms with E-state index in [1.807, 2.05) is 19.0 Å². The van der Waals surface area contributed by atoms with E-state index in [0.717, 1.165) is 50.3 Å². The molecule has 0 rings (SSSR count). The molecule has 0 radical (unpaired) electrons. The fourth-order valence-corrected chi connectivity index (χ4v) is 5.09. The molecule has 0 aromatic rings. The van der Waals surface area contributed by atoms with Gasteiger partial charge >= 0.3 is 5.97 Å². The van der Waals surface area contributed by atoms with Crippen LogP contribution in [0.5, 0.6) is 0 Å². The minimum atomic E-state index is 0.0142. The van der Waals surface area contributed by atoms with Gasteiger partial charge < -0.3 is 19.9 Å². The monoisotopic (exact) mass is 569 g/mol. The second-order valence-corrected chi connectivity index (χ2v) is 12.1. The summed E-state index contributed by atoms with van der Waals surface area (Å²) in [7, 11) is 3.98. The predicted molar refractivity (Wildman–Crippen MR) is 175 cm³/mol. The molecular weight excluding hydrogens is 502 g/mol. The van der Waals surface area contributed by atoms with E-state index in [-0.39, 0.29) is 12.1 Å². The van der Waals surface area contributed by atoms with E-state index in [0.29, 0.717) is 6.42 Å². The van der Waals surface area contributed by atoms with Crippen molar-refractivity contribution < 1.29 is 9.53 Å². The quantitative estimate of drug-likeness (QED) is 0.0577. The van der Waals surface area contributed by atoms with Crippen LogP contribution in [-0.2, 0) is 9.53 Å². The number of nitrogens with zero attached hydrogens (tertiary/aromatic N) is 2. The Hall–Kier alpha value is -0.880. The zero-order chi connectivity index (χ0) is 29.0. The highest BCUT2D eigenvalue weighted by Gasteiger charge is 2.12. The lowest BCUT2D eigenvalue weighted by atomic mass is 10.1. The van der Waals surface area contributed by atoms with E-state index >= 15 is 0 Å². The van der Waals surface area contributed by atoms with Crippen LogP contribution in [0.2, 0.25) is 0 Å². The zero-order valence-electron chi connectivity index (χ0n) is 26.9. The molecular formula is C33H67N3O2S. The number of ether oxygens (including phenoxy) is 1. The molecule has 0 fully saturated rings. The van der Waals surface area contributed by atoms with Crippen molar-refractivity contribution in [3.8, 4) is 0 Å². The number of thiocarbonyl (C=S) groups is 1. The Kier molecular flexibility index (Phi) is 28.0. The summed E-state index contributed by atoms with van der Waals surface area (Å²) in [5.41, 5.74) is 0. The molecule has 1 N–H and O–H groups in total. The van der Waals surface area contributed by atoms with Crippen LogP contribution in [0.1, 0.15) is 156 Å². The zero-order valence-corrected chi connectivity index (χ0v) is 27.7. The summed E-state index contributed by atoms with van der Waals surface area (Å²) in [4.78, 5) is 16.9. The lowest BCUT2D eigenvalue weighted by molar-refractivity contribution is -0.149. The molecule has 0 aromatic carbocycles. The van der Waals surface area contributed by atoms with Crippen LogP contribution in [0.4, 0.5) is 0 Å². The predicted octanol–water partition coefficient (Wildman–Crippen LogP) is 8.89. The SMILES string of the molecule is CCCCCCCCC(CC)OC(=O)CCCCCCCN(CCCCCCCC)CCCNC(=S)N(C)C. The van der Waals surface area contributed by atoms with Gasteiger partial charge in [-0.25, -0.2) is 0 Å². The van der Waals surface area contributed by atoms with Crippen molar-refractivity contribution in [1.82, 2.24) is 15.1 Å². The summed E-state index contributed by atoms with van der Waals surface area (Å²) in [5.74, 6) is 0.0142. The van der Waals surface area contributed by atoms with E-state index in [2.05, 4.69) is 31.0 Å². The van der Waals surface area contributed by atoms with Crippen LogP contribution in [-0.4, -0.2) is 67.3 Å². The Labute approximate surface area is 249 Å². The highest BCUT2D eigenvalue weighted by molar-refractivity contribution is 7.80. The number of carbonyl (C=O) groups is 1. The number of hydrogen-bond acceptors (Lipinski definition) is 4. The fourth-order valence-electron chi connectivity index (χ4n) is 4.99. The molecule has 232 valence electrons. The number of esters is 1. The molecule has 0 aliphatic rings. The third kappa shape index (κ3) is 25.8. The van der Waals surface area contributed by atoms with Crippen molar-refractivity contribution in [3.63, 3.8) is 0 Å². The molecule has 0 saturated carbocycles. The maximum Gasteiger partial charge on any atom is 0.306 e. The van der Waals surface area contributed by atoms with Crippen molar-refractivity contribution in [2.24, 2.45) is 0 Å². The molecule has 0 amide bonds. The first-order valence-corrected chi connectivity index (χ1v) is 17.2. The lowest BCUT2D eigenvalue weighted by Gasteiger charge is -2.23. The standard InChI is InChI=1S/C33H67N3O2S/c1-6-9-11-13-16-20-25-31(8-3)38-32(37)26-21-17-15-19-23-29-36(28-22-18-14-12-10-7-2)30-24-27-34-33(39)35(4)5/h31H,6-30H2,1-5H3,(H,34,39). The molecule has 0 heterocycles. The summed E-state index contributed by atoms with van der Waals surface area (Å²) in [6, 6.07) is 0. The summed E-state index contributed by atoms with van der Waals surface area (Å²) < 4.78 is 5.77. The Bertz CT molecular complexity index is 559. The Morgan fingerprint density at radius 2 is 1.18 bits per heavy atom. The van der Waals surface area contributed by atoms with Crippen LogP contribution in [0.15, 0.2) is 0 Å². The van der Waals surface area contributed by atoms with Crippen LogP contribution in [0.25, 0.3) is 0 Å². The van der Waals surface area contributed by atoms with E-state index in [1.165, 1.54) is 109 Å². The first-order valence-electron chi connectivity index (χ1n) is 16.8. The number of rotatable bonds is 28. The number of carbonyl (C=O) groups excluding carboxylic acids is 1. The molecule has 0 bridgehead atoms. The number of unbranched alkanes of at least 4 members (excludes halogenated alkanes) is 14. The van der Waals surface area contributed by atoms with Gasteiger partial charge in [-0.15, -0.1) is 0 Å². The molecule has 0 aliphatic heterocycles. The average molecular weight is 570 g/mol. The summed E-state index contributed by atoms with van der Waals surface area (Å²) in [6.45, 7) is 11.2. The highest BCUT2D eigenvalue weighted by atomic mass is 32.1. The van der Waals surface area contributed by atoms with Crippen molar-refractivity contribution in [2.45, 2.75) is 162 Å². The van der Waals surface area contributed by atoms with Gasteiger partial charge in [-0.2, -0.15) is 0 Å². The average Bonchev–Trinajstić information content (AvgIpc) is 2.92. The second-order valence-electron chi connectivity index (χ2n) is 11.7. The molecule has 6 heteroatoms. The smallest absolute Gasteiger partial charge is 0.306 e.